The first-order valence-electron chi connectivity index (χ1n) is 14.6. The van der Waals surface area contributed by atoms with Gasteiger partial charge in [0.15, 0.2) is 5.78 Å². The van der Waals surface area contributed by atoms with Crippen molar-refractivity contribution >= 4 is 40.6 Å². The molecule has 3 N–H and O–H groups in total. The number of piperidine rings is 1. The van der Waals surface area contributed by atoms with Crippen molar-refractivity contribution in [3.63, 3.8) is 0 Å². The minimum Gasteiger partial charge on any atom is -0.395 e. The summed E-state index contributed by atoms with van der Waals surface area (Å²) in [5.74, 6) is 1.34. The van der Waals surface area contributed by atoms with Crippen molar-refractivity contribution in [1.29, 1.82) is 0 Å². The topological polar surface area (TPSA) is 117 Å². The highest BCUT2D eigenvalue weighted by molar-refractivity contribution is 5.95. The van der Waals surface area contributed by atoms with Gasteiger partial charge in [0.2, 0.25) is 5.95 Å². The molecule has 2 aromatic carbocycles. The summed E-state index contributed by atoms with van der Waals surface area (Å²) in [5.41, 5.74) is 3.41. The molecule has 11 heteroatoms. The van der Waals surface area contributed by atoms with Gasteiger partial charge in [0.1, 0.15) is 5.82 Å². The minimum absolute atomic E-state index is 0.00360. The number of ketones is 1. The number of benzene rings is 2. The fourth-order valence-electron chi connectivity index (χ4n) is 5.50. The maximum absolute atomic E-state index is 12.8. The van der Waals surface area contributed by atoms with Gasteiger partial charge in [-0.2, -0.15) is 4.98 Å². The third-order valence-electron chi connectivity index (χ3n) is 8.10. The molecule has 2 aliphatic heterocycles. The molecule has 0 bridgehead atoms. The molecule has 0 unspecified atom stereocenters. The Morgan fingerprint density at radius 1 is 0.905 bits per heavy atom. The number of rotatable bonds is 9. The van der Waals surface area contributed by atoms with Crippen LogP contribution in [0, 0.1) is 0 Å². The molecule has 2 fully saturated rings. The van der Waals surface area contributed by atoms with E-state index in [4.69, 9.17) is 4.98 Å². The number of urea groups is 1. The quantitative estimate of drug-likeness (QED) is 0.330. The Morgan fingerprint density at radius 3 is 2.21 bits per heavy atom. The molecule has 222 valence electrons. The number of aliphatic hydroxyl groups excluding tert-OH is 1. The molecule has 3 aromatic rings. The van der Waals surface area contributed by atoms with Crippen molar-refractivity contribution in [2.45, 2.75) is 25.8 Å². The third-order valence-corrected chi connectivity index (χ3v) is 8.10. The van der Waals surface area contributed by atoms with Gasteiger partial charge >= 0.3 is 6.03 Å². The molecular weight excluding hydrogens is 532 g/mol. The number of carbonyl (C=O) groups excluding carboxylic acids is 2. The lowest BCUT2D eigenvalue weighted by molar-refractivity contribution is 0.101. The van der Waals surface area contributed by atoms with Crippen molar-refractivity contribution in [2.24, 2.45) is 0 Å². The summed E-state index contributed by atoms with van der Waals surface area (Å²) in [5, 5.41) is 15.4. The predicted octanol–water partition coefficient (Wildman–Crippen LogP) is 3.67. The van der Waals surface area contributed by atoms with E-state index < -0.39 is 0 Å². The summed E-state index contributed by atoms with van der Waals surface area (Å²) >= 11 is 0. The number of piperazine rings is 1. The fraction of sp³-hybridized carbons (Fsp3) is 0.419. The zero-order valence-corrected chi connectivity index (χ0v) is 24.4. The Morgan fingerprint density at radius 2 is 1.57 bits per heavy atom. The second-order valence-corrected chi connectivity index (χ2v) is 10.9. The van der Waals surface area contributed by atoms with E-state index in [2.05, 4.69) is 61.6 Å². The molecule has 2 aliphatic rings. The number of hydrogen-bond donors (Lipinski definition) is 3. The van der Waals surface area contributed by atoms with Crippen LogP contribution in [0.5, 0.6) is 0 Å². The van der Waals surface area contributed by atoms with Gasteiger partial charge in [-0.1, -0.05) is 0 Å². The molecule has 2 saturated heterocycles. The van der Waals surface area contributed by atoms with Gasteiger partial charge in [-0.25, -0.2) is 9.78 Å². The van der Waals surface area contributed by atoms with Crippen molar-refractivity contribution in [1.82, 2.24) is 19.8 Å². The van der Waals surface area contributed by atoms with Gasteiger partial charge < -0.3 is 35.3 Å². The largest absolute Gasteiger partial charge is 0.395 e. The molecule has 0 spiro atoms. The van der Waals surface area contributed by atoms with E-state index in [1.807, 2.05) is 6.07 Å². The number of hydrogen-bond acceptors (Lipinski definition) is 9. The maximum Gasteiger partial charge on any atom is 0.321 e. The molecule has 42 heavy (non-hydrogen) atoms. The molecule has 1 aromatic heterocycles. The number of aromatic nitrogens is 2. The molecular formula is C31H40N8O3. The van der Waals surface area contributed by atoms with Crippen LogP contribution in [-0.2, 0) is 0 Å². The first kappa shape index (κ1) is 29.3. The molecule has 0 radical (unpaired) electrons. The SMILES string of the molecule is CC(=O)c1ccc(NC(=O)N2CCN(c3ccnc(Nc4ccc(N5CCC(N(C)CCO)CC5)cc4)n3)CC2)cc1. The van der Waals surface area contributed by atoms with E-state index >= 15 is 0 Å². The average Bonchev–Trinajstić information content (AvgIpc) is 3.02. The van der Waals surface area contributed by atoms with Crippen LogP contribution in [0.25, 0.3) is 0 Å². The summed E-state index contributed by atoms with van der Waals surface area (Å²) in [7, 11) is 2.09. The van der Waals surface area contributed by atoms with Crippen LogP contribution in [0.3, 0.4) is 0 Å². The highest BCUT2D eigenvalue weighted by atomic mass is 16.3. The van der Waals surface area contributed by atoms with Crippen LogP contribution < -0.4 is 20.4 Å². The summed E-state index contributed by atoms with van der Waals surface area (Å²) in [6, 6.07) is 17.6. The molecule has 0 atom stereocenters. The number of anilines is 5. The van der Waals surface area contributed by atoms with E-state index in [1.165, 1.54) is 12.6 Å². The van der Waals surface area contributed by atoms with Crippen molar-refractivity contribution < 1.29 is 14.7 Å². The molecule has 3 heterocycles. The van der Waals surface area contributed by atoms with Crippen LogP contribution in [0.2, 0.25) is 0 Å². The Kier molecular flexibility index (Phi) is 9.50. The second-order valence-electron chi connectivity index (χ2n) is 10.9. The highest BCUT2D eigenvalue weighted by Crippen LogP contribution is 2.25. The number of nitrogens with one attached hydrogen (secondary N) is 2. The average molecular weight is 573 g/mol. The molecule has 0 saturated carbocycles. The van der Waals surface area contributed by atoms with Crippen LogP contribution in [0.4, 0.5) is 33.6 Å². The van der Waals surface area contributed by atoms with Crippen molar-refractivity contribution in [3.05, 3.63) is 66.4 Å². The zero-order valence-electron chi connectivity index (χ0n) is 24.4. The van der Waals surface area contributed by atoms with Gasteiger partial charge in [0.25, 0.3) is 0 Å². The standard InChI is InChI=1S/C31H40N8O3/c1-23(41)24-3-5-26(6-4-24)34-31(42)39-19-17-38(18-20-39)29-11-14-32-30(35-29)33-25-7-9-28(10-8-25)37-15-12-27(13-16-37)36(2)21-22-40/h3-11,14,27,40H,12-13,15-22H2,1-2H3,(H,34,42)(H,32,33,35). The monoisotopic (exact) mass is 572 g/mol. The summed E-state index contributed by atoms with van der Waals surface area (Å²) in [6.45, 7) is 6.91. The van der Waals surface area contributed by atoms with Gasteiger partial charge in [0.05, 0.1) is 6.61 Å². The van der Waals surface area contributed by atoms with E-state index in [0.717, 1.165) is 44.0 Å². The molecule has 0 aliphatic carbocycles. The van der Waals surface area contributed by atoms with Crippen LogP contribution in [0.1, 0.15) is 30.1 Å². The lowest BCUT2D eigenvalue weighted by Crippen LogP contribution is -2.50. The second kappa shape index (κ2) is 13.6. The Bertz CT molecular complexity index is 1340. The minimum atomic E-state index is -0.155. The summed E-state index contributed by atoms with van der Waals surface area (Å²) in [4.78, 5) is 42.0. The smallest absolute Gasteiger partial charge is 0.321 e. The van der Waals surface area contributed by atoms with Crippen LogP contribution in [0.15, 0.2) is 60.8 Å². The number of aliphatic hydroxyl groups is 1. The summed E-state index contributed by atoms with van der Waals surface area (Å²) in [6.07, 6.45) is 3.93. The van der Waals surface area contributed by atoms with Gasteiger partial charge in [-0.3, -0.25) is 4.79 Å². The summed E-state index contributed by atoms with van der Waals surface area (Å²) < 4.78 is 0. The van der Waals surface area contributed by atoms with E-state index in [1.54, 1.807) is 35.4 Å². The van der Waals surface area contributed by atoms with Gasteiger partial charge in [-0.15, -0.1) is 0 Å². The maximum atomic E-state index is 12.8. The molecule has 5 rings (SSSR count). The number of likely N-dealkylation sites (N-methyl/N-ethyl adjacent to an activating group) is 1. The van der Waals surface area contributed by atoms with Crippen LogP contribution in [-0.4, -0.2) is 102 Å². The number of amides is 2. The van der Waals surface area contributed by atoms with E-state index in [0.29, 0.717) is 49.4 Å². The molecule has 2 amide bonds. The highest BCUT2D eigenvalue weighted by Gasteiger charge is 2.24. The zero-order chi connectivity index (χ0) is 29.5. The molecule has 11 nitrogen and oxygen atoms in total. The first-order valence-corrected chi connectivity index (χ1v) is 14.6. The predicted molar refractivity (Wildman–Crippen MR) is 166 cm³/mol. The first-order chi connectivity index (χ1) is 20.4. The number of Topliss-reactive ketones (excluding diaryl/α,β-unsaturated/α-hetero) is 1. The van der Waals surface area contributed by atoms with Crippen molar-refractivity contribution in [3.8, 4) is 0 Å². The Labute approximate surface area is 247 Å². The number of carbonyl (C=O) groups is 2. The van der Waals surface area contributed by atoms with E-state index in [9.17, 15) is 14.7 Å². The Balaban J connectivity index is 1.10. The third kappa shape index (κ3) is 7.34. The van der Waals surface area contributed by atoms with Crippen molar-refractivity contribution in [2.75, 3.05) is 79.9 Å². The van der Waals surface area contributed by atoms with Gasteiger partial charge in [-0.05, 0) is 81.4 Å². The normalized spacial score (nSPS) is 16.0. The lowest BCUT2D eigenvalue weighted by Gasteiger charge is -2.37. The Hall–Kier alpha value is -4.22. The van der Waals surface area contributed by atoms with Gasteiger partial charge in [0, 0.05) is 80.7 Å². The fourth-order valence-corrected chi connectivity index (χ4v) is 5.50. The number of nitrogens with zero attached hydrogens (tertiary/aromatic N) is 6. The van der Waals surface area contributed by atoms with E-state index in [-0.39, 0.29) is 18.4 Å². The lowest BCUT2D eigenvalue weighted by atomic mass is 10.0. The van der Waals surface area contributed by atoms with Crippen LogP contribution >= 0.6 is 0 Å².